The molecule has 0 saturated carbocycles. The first-order valence-corrected chi connectivity index (χ1v) is 8.73. The number of amides is 1. The molecule has 24 heavy (non-hydrogen) atoms. The van der Waals surface area contributed by atoms with Crippen molar-refractivity contribution >= 4 is 6.09 Å². The summed E-state index contributed by atoms with van der Waals surface area (Å²) in [7, 11) is 0. The van der Waals surface area contributed by atoms with Crippen molar-refractivity contribution in [3.8, 4) is 0 Å². The molecule has 1 amide bonds. The molecule has 0 saturated heterocycles. The predicted molar refractivity (Wildman–Crippen MR) is 101 cm³/mol. The van der Waals surface area contributed by atoms with Gasteiger partial charge in [-0.05, 0) is 38.9 Å². The minimum absolute atomic E-state index is 0.250. The third-order valence-corrected chi connectivity index (χ3v) is 2.45. The smallest absolute Gasteiger partial charge is 0.404 e. The van der Waals surface area contributed by atoms with Gasteiger partial charge in [0.05, 0.1) is 0 Å². The van der Waals surface area contributed by atoms with E-state index in [1.807, 2.05) is 18.2 Å². The Hall–Kier alpha value is -1.66. The first-order chi connectivity index (χ1) is 11.6. The summed E-state index contributed by atoms with van der Waals surface area (Å²) in [5.41, 5.74) is 5.34. The van der Waals surface area contributed by atoms with Gasteiger partial charge in [-0.1, -0.05) is 45.1 Å². The van der Waals surface area contributed by atoms with Crippen LogP contribution in [0.1, 0.15) is 59.3 Å². The van der Waals surface area contributed by atoms with Gasteiger partial charge in [0, 0.05) is 25.5 Å². The van der Waals surface area contributed by atoms with Gasteiger partial charge in [0.15, 0.2) is 0 Å². The van der Waals surface area contributed by atoms with Crippen LogP contribution in [0.3, 0.4) is 0 Å². The largest absolute Gasteiger partial charge is 0.465 e. The van der Waals surface area contributed by atoms with Crippen LogP contribution < -0.4 is 11.1 Å². The molecule has 5 N–H and O–H groups in total. The highest BCUT2D eigenvalue weighted by Crippen LogP contribution is 2.03. The van der Waals surface area contributed by atoms with Crippen LogP contribution in [0.15, 0.2) is 30.6 Å². The summed E-state index contributed by atoms with van der Waals surface area (Å²) in [5, 5.41) is 17.5. The molecule has 0 bridgehead atoms. The van der Waals surface area contributed by atoms with Gasteiger partial charge in [-0.15, -0.1) is 0 Å². The fourth-order valence-electron chi connectivity index (χ4n) is 1.39. The van der Waals surface area contributed by atoms with Crippen molar-refractivity contribution in [3.05, 3.63) is 30.6 Å². The fourth-order valence-corrected chi connectivity index (χ4v) is 1.39. The Kier molecular flexibility index (Phi) is 33.3. The van der Waals surface area contributed by atoms with Crippen LogP contribution in [0, 0.1) is 0 Å². The number of aliphatic hydroxyl groups excluding tert-OH is 1. The van der Waals surface area contributed by atoms with Crippen molar-refractivity contribution in [2.24, 2.45) is 5.73 Å². The zero-order valence-electron chi connectivity index (χ0n) is 15.6. The van der Waals surface area contributed by atoms with Crippen LogP contribution in [0.4, 0.5) is 4.79 Å². The van der Waals surface area contributed by atoms with E-state index >= 15 is 0 Å². The molecular weight excluding hydrogens is 306 g/mol. The van der Waals surface area contributed by atoms with Crippen LogP contribution >= 0.6 is 0 Å². The van der Waals surface area contributed by atoms with E-state index in [0.29, 0.717) is 6.54 Å². The number of pyridine rings is 1. The highest BCUT2D eigenvalue weighted by molar-refractivity contribution is 5.64. The Labute approximate surface area is 147 Å². The van der Waals surface area contributed by atoms with Crippen molar-refractivity contribution < 1.29 is 15.0 Å². The van der Waals surface area contributed by atoms with Crippen LogP contribution in [-0.2, 0) is 0 Å². The highest BCUT2D eigenvalue weighted by Gasteiger charge is 1.86. The third-order valence-electron chi connectivity index (χ3n) is 2.45. The Morgan fingerprint density at radius 2 is 1.50 bits per heavy atom. The first-order valence-electron chi connectivity index (χ1n) is 8.73. The first kappa shape index (κ1) is 27.2. The number of hydrogen-bond acceptors (Lipinski definition) is 4. The van der Waals surface area contributed by atoms with E-state index in [1.165, 1.54) is 38.5 Å². The summed E-state index contributed by atoms with van der Waals surface area (Å²) >= 11 is 0. The molecule has 0 spiro atoms. The standard InChI is InChI=1S/C8H19N.C5H5N.C3H7NO2.C2H6O/c1-2-3-4-5-6-7-8-9;1-2-4-6-5-3-1;1-2-4-3(5)6;1-2-3/h2-9H2,1H3;1-5H;4H,2H2,1H3,(H,5,6);3H,2H2,1H3. The minimum atomic E-state index is -0.961. The normalized spacial score (nSPS) is 8.38. The number of carboxylic acid groups (broad SMARTS) is 1. The van der Waals surface area contributed by atoms with Crippen molar-refractivity contribution in [2.75, 3.05) is 19.7 Å². The highest BCUT2D eigenvalue weighted by atomic mass is 16.4. The average Bonchev–Trinajstić information content (AvgIpc) is 2.58. The summed E-state index contributed by atoms with van der Waals surface area (Å²) in [6.07, 6.45) is 10.6. The maximum absolute atomic E-state index is 9.49. The molecule has 0 atom stereocenters. The van der Waals surface area contributed by atoms with Gasteiger partial charge >= 0.3 is 6.09 Å². The summed E-state index contributed by atoms with van der Waals surface area (Å²) in [4.78, 5) is 13.3. The number of aromatic nitrogens is 1. The monoisotopic (exact) mass is 343 g/mol. The fraction of sp³-hybridized carbons (Fsp3) is 0.667. The van der Waals surface area contributed by atoms with Gasteiger partial charge in [0.1, 0.15) is 0 Å². The molecule has 0 aliphatic heterocycles. The lowest BCUT2D eigenvalue weighted by Crippen LogP contribution is -2.19. The zero-order chi connectivity index (χ0) is 18.9. The molecule has 1 rings (SSSR count). The summed E-state index contributed by atoms with van der Waals surface area (Å²) in [5.74, 6) is 0. The zero-order valence-corrected chi connectivity index (χ0v) is 15.6. The summed E-state index contributed by atoms with van der Waals surface area (Å²) < 4.78 is 0. The lowest BCUT2D eigenvalue weighted by Gasteiger charge is -1.96. The van der Waals surface area contributed by atoms with E-state index < -0.39 is 6.09 Å². The Morgan fingerprint density at radius 1 is 1.00 bits per heavy atom. The van der Waals surface area contributed by atoms with Gasteiger partial charge in [-0.25, -0.2) is 4.79 Å². The van der Waals surface area contributed by atoms with Crippen molar-refractivity contribution in [3.63, 3.8) is 0 Å². The van der Waals surface area contributed by atoms with Gasteiger partial charge in [-0.3, -0.25) is 4.98 Å². The van der Waals surface area contributed by atoms with Gasteiger partial charge in [0.2, 0.25) is 0 Å². The third kappa shape index (κ3) is 42.8. The van der Waals surface area contributed by atoms with Gasteiger partial charge < -0.3 is 21.3 Å². The molecule has 0 unspecified atom stereocenters. The molecule has 1 heterocycles. The number of nitrogens with two attached hydrogens (primary N) is 1. The quantitative estimate of drug-likeness (QED) is 0.565. The van der Waals surface area contributed by atoms with Crippen molar-refractivity contribution in [1.29, 1.82) is 0 Å². The minimum Gasteiger partial charge on any atom is -0.465 e. The SMILES string of the molecule is CCCCCCCCN.CCNC(=O)O.CCO.c1ccncc1. The molecule has 0 aliphatic carbocycles. The van der Waals surface area contributed by atoms with E-state index in [9.17, 15) is 4.79 Å². The molecule has 6 nitrogen and oxygen atoms in total. The number of aliphatic hydroxyl groups is 1. The number of rotatable bonds is 7. The van der Waals surface area contributed by atoms with Crippen molar-refractivity contribution in [1.82, 2.24) is 10.3 Å². The lowest BCUT2D eigenvalue weighted by molar-refractivity contribution is 0.195. The Bertz CT molecular complexity index is 279. The number of nitrogens with zero attached hydrogens (tertiary/aromatic N) is 1. The van der Waals surface area contributed by atoms with E-state index in [0.717, 1.165) is 6.54 Å². The second kappa shape index (κ2) is 29.4. The van der Waals surface area contributed by atoms with Crippen LogP contribution in [0.25, 0.3) is 0 Å². The van der Waals surface area contributed by atoms with E-state index in [1.54, 1.807) is 26.2 Å². The van der Waals surface area contributed by atoms with Gasteiger partial charge in [0.25, 0.3) is 0 Å². The second-order valence-electron chi connectivity index (χ2n) is 4.73. The molecule has 1 aromatic heterocycles. The summed E-state index contributed by atoms with van der Waals surface area (Å²) in [6, 6.07) is 5.72. The molecule has 0 aliphatic rings. The van der Waals surface area contributed by atoms with E-state index in [-0.39, 0.29) is 6.61 Å². The van der Waals surface area contributed by atoms with Crippen LogP contribution in [-0.4, -0.2) is 41.0 Å². The van der Waals surface area contributed by atoms with E-state index in [2.05, 4.69) is 17.2 Å². The topological polar surface area (TPSA) is 108 Å². The molecule has 0 fully saturated rings. The molecule has 142 valence electrons. The second-order valence-corrected chi connectivity index (χ2v) is 4.73. The Balaban J connectivity index is -0.000000260. The summed E-state index contributed by atoms with van der Waals surface area (Å²) in [6.45, 7) is 7.25. The number of unbranched alkanes of at least 4 members (excludes halogenated alkanes) is 5. The van der Waals surface area contributed by atoms with Gasteiger partial charge in [-0.2, -0.15) is 0 Å². The predicted octanol–water partition coefficient (Wildman–Crippen LogP) is 3.66. The molecule has 1 aromatic rings. The number of hydrogen-bond donors (Lipinski definition) is 4. The molecule has 6 heteroatoms. The van der Waals surface area contributed by atoms with Crippen LogP contribution in [0.5, 0.6) is 0 Å². The number of nitrogens with one attached hydrogen (secondary N) is 1. The maximum atomic E-state index is 9.49. The Morgan fingerprint density at radius 3 is 1.75 bits per heavy atom. The molecule has 0 radical (unpaired) electrons. The molecular formula is C18H37N3O3. The average molecular weight is 344 g/mol. The number of carbonyl (C=O) groups is 1. The van der Waals surface area contributed by atoms with Crippen molar-refractivity contribution in [2.45, 2.75) is 59.3 Å². The lowest BCUT2D eigenvalue weighted by atomic mass is 10.1. The molecule has 0 aromatic carbocycles. The van der Waals surface area contributed by atoms with E-state index in [4.69, 9.17) is 15.9 Å². The van der Waals surface area contributed by atoms with Crippen LogP contribution in [0.2, 0.25) is 0 Å². The maximum Gasteiger partial charge on any atom is 0.404 e.